The smallest absolute Gasteiger partial charge is 0.138 e. The third kappa shape index (κ3) is 3.61. The van der Waals surface area contributed by atoms with E-state index < -0.39 is 0 Å². The van der Waals surface area contributed by atoms with Crippen molar-refractivity contribution in [2.45, 2.75) is 32.4 Å². The van der Waals surface area contributed by atoms with Crippen molar-refractivity contribution in [2.75, 3.05) is 32.4 Å². The summed E-state index contributed by atoms with van der Waals surface area (Å²) in [5.41, 5.74) is 7.34. The highest BCUT2D eigenvalue weighted by Crippen LogP contribution is 2.22. The zero-order valence-corrected chi connectivity index (χ0v) is 12.0. The number of rotatable bonds is 5. The van der Waals surface area contributed by atoms with Crippen LogP contribution in [0.2, 0.25) is 0 Å². The van der Waals surface area contributed by atoms with Gasteiger partial charge in [-0.05, 0) is 50.7 Å². The Morgan fingerprint density at radius 3 is 2.95 bits per heavy atom. The number of hydrogen-bond acceptors (Lipinski definition) is 4. The first-order valence-electron chi connectivity index (χ1n) is 7.10. The Morgan fingerprint density at radius 1 is 1.47 bits per heavy atom. The van der Waals surface area contributed by atoms with Crippen molar-refractivity contribution in [1.82, 2.24) is 9.80 Å². The van der Waals surface area contributed by atoms with Crippen LogP contribution in [0.5, 0.6) is 5.75 Å². The van der Waals surface area contributed by atoms with Crippen molar-refractivity contribution >= 4 is 5.69 Å². The molecule has 106 valence electrons. The van der Waals surface area contributed by atoms with Crippen LogP contribution in [0.15, 0.2) is 18.2 Å². The van der Waals surface area contributed by atoms with Gasteiger partial charge in [-0.2, -0.15) is 0 Å². The Kier molecular flexibility index (Phi) is 4.66. The van der Waals surface area contributed by atoms with Crippen molar-refractivity contribution in [3.05, 3.63) is 23.8 Å². The molecule has 0 aliphatic carbocycles. The van der Waals surface area contributed by atoms with Crippen LogP contribution in [-0.4, -0.2) is 47.6 Å². The lowest BCUT2D eigenvalue weighted by atomic mass is 10.1. The topological polar surface area (TPSA) is 52.7 Å². The number of hydrogen-bond donors (Lipinski definition) is 2. The van der Waals surface area contributed by atoms with E-state index in [1.165, 1.54) is 19.4 Å². The molecule has 0 radical (unpaired) electrons. The summed E-state index contributed by atoms with van der Waals surface area (Å²) in [5, 5.41) is 9.43. The van der Waals surface area contributed by atoms with Crippen LogP contribution in [-0.2, 0) is 6.54 Å². The number of aromatic hydroxyl groups is 1. The molecule has 1 fully saturated rings. The van der Waals surface area contributed by atoms with Gasteiger partial charge in [0.25, 0.3) is 0 Å². The molecular formula is C15H25N3O. The lowest BCUT2D eigenvalue weighted by molar-refractivity contribution is 0.195. The molecule has 0 saturated carbocycles. The summed E-state index contributed by atoms with van der Waals surface area (Å²) in [6.45, 7) is 6.58. The molecule has 1 saturated heterocycles. The van der Waals surface area contributed by atoms with E-state index in [4.69, 9.17) is 5.73 Å². The van der Waals surface area contributed by atoms with Gasteiger partial charge in [-0.15, -0.1) is 0 Å². The monoisotopic (exact) mass is 263 g/mol. The van der Waals surface area contributed by atoms with Crippen molar-refractivity contribution in [1.29, 1.82) is 0 Å². The molecule has 19 heavy (non-hydrogen) atoms. The molecule has 1 aromatic carbocycles. The predicted molar refractivity (Wildman–Crippen MR) is 79.1 cm³/mol. The zero-order chi connectivity index (χ0) is 13.8. The fourth-order valence-electron chi connectivity index (χ4n) is 2.96. The summed E-state index contributed by atoms with van der Waals surface area (Å²) < 4.78 is 0. The van der Waals surface area contributed by atoms with Crippen LogP contribution >= 0.6 is 0 Å². The van der Waals surface area contributed by atoms with Crippen LogP contribution in [0.3, 0.4) is 0 Å². The normalized spacial score (nSPS) is 20.3. The average Bonchev–Trinajstić information content (AvgIpc) is 2.81. The predicted octanol–water partition coefficient (Wildman–Crippen LogP) is 1.89. The second-order valence-electron chi connectivity index (χ2n) is 5.51. The molecule has 0 amide bonds. The fraction of sp³-hybridized carbons (Fsp3) is 0.600. The number of benzene rings is 1. The zero-order valence-electron chi connectivity index (χ0n) is 12.0. The minimum atomic E-state index is 0.166. The Bertz CT molecular complexity index is 422. The van der Waals surface area contributed by atoms with Gasteiger partial charge in [-0.3, -0.25) is 4.90 Å². The molecule has 1 aliphatic rings. The largest absolute Gasteiger partial charge is 0.506 e. The number of phenols is 1. The number of anilines is 1. The van der Waals surface area contributed by atoms with Crippen molar-refractivity contribution in [3.8, 4) is 5.75 Å². The highest BCUT2D eigenvalue weighted by molar-refractivity contribution is 5.53. The van der Waals surface area contributed by atoms with Crippen LogP contribution in [0.1, 0.15) is 25.3 Å². The molecule has 0 bridgehead atoms. The highest BCUT2D eigenvalue weighted by atomic mass is 16.3. The number of nitrogen functional groups attached to an aromatic ring is 1. The van der Waals surface area contributed by atoms with Crippen LogP contribution in [0.25, 0.3) is 0 Å². The molecule has 1 heterocycles. The summed E-state index contributed by atoms with van der Waals surface area (Å²) in [6, 6.07) is 6.16. The van der Waals surface area contributed by atoms with E-state index in [9.17, 15) is 5.11 Å². The van der Waals surface area contributed by atoms with Gasteiger partial charge in [0, 0.05) is 19.1 Å². The summed E-state index contributed by atoms with van der Waals surface area (Å²) in [4.78, 5) is 4.89. The first kappa shape index (κ1) is 14.2. The van der Waals surface area contributed by atoms with Crippen molar-refractivity contribution in [3.63, 3.8) is 0 Å². The highest BCUT2D eigenvalue weighted by Gasteiger charge is 2.23. The molecule has 2 rings (SSSR count). The molecule has 1 unspecified atom stereocenters. The van der Waals surface area contributed by atoms with E-state index in [2.05, 4.69) is 23.8 Å². The maximum Gasteiger partial charge on any atom is 0.138 e. The summed E-state index contributed by atoms with van der Waals surface area (Å²) >= 11 is 0. The fourth-order valence-corrected chi connectivity index (χ4v) is 2.96. The number of nitrogens with two attached hydrogens (primary N) is 1. The Balaban J connectivity index is 1.90. The van der Waals surface area contributed by atoms with E-state index in [0.717, 1.165) is 25.2 Å². The Labute approximate surface area is 115 Å². The second kappa shape index (κ2) is 6.26. The van der Waals surface area contributed by atoms with Gasteiger partial charge in [0.05, 0.1) is 5.69 Å². The summed E-state index contributed by atoms with van der Waals surface area (Å²) in [7, 11) is 2.15. The average molecular weight is 263 g/mol. The molecule has 1 aromatic rings. The van der Waals surface area contributed by atoms with Crippen LogP contribution in [0, 0.1) is 0 Å². The lowest BCUT2D eigenvalue weighted by Crippen LogP contribution is -2.38. The van der Waals surface area contributed by atoms with Gasteiger partial charge in [0.1, 0.15) is 5.75 Å². The van der Waals surface area contributed by atoms with E-state index in [-0.39, 0.29) is 5.75 Å². The summed E-state index contributed by atoms with van der Waals surface area (Å²) in [5.74, 6) is 0.166. The maximum absolute atomic E-state index is 9.43. The number of nitrogens with zero attached hydrogens (tertiary/aromatic N) is 2. The molecule has 4 nitrogen and oxygen atoms in total. The number of likely N-dealkylation sites (N-methyl/N-ethyl adjacent to an activating group) is 2. The first-order chi connectivity index (χ1) is 9.10. The van der Waals surface area contributed by atoms with Gasteiger partial charge < -0.3 is 15.7 Å². The molecule has 1 atom stereocenters. The lowest BCUT2D eigenvalue weighted by Gasteiger charge is -2.27. The Morgan fingerprint density at radius 2 is 2.26 bits per heavy atom. The molecule has 4 heteroatoms. The minimum absolute atomic E-state index is 0.166. The third-order valence-electron chi connectivity index (χ3n) is 3.97. The number of phenolic OH excluding ortho intramolecular Hbond substituents is 1. The minimum Gasteiger partial charge on any atom is -0.506 e. The van der Waals surface area contributed by atoms with Crippen molar-refractivity contribution in [2.24, 2.45) is 0 Å². The van der Waals surface area contributed by atoms with Crippen LogP contribution in [0.4, 0.5) is 5.69 Å². The SMILES string of the molecule is CCN1CCCC1CN(C)Cc1ccc(O)c(N)c1. The third-order valence-corrected chi connectivity index (χ3v) is 3.97. The molecular weight excluding hydrogens is 238 g/mol. The maximum atomic E-state index is 9.43. The van der Waals surface area contributed by atoms with Gasteiger partial charge in [-0.1, -0.05) is 13.0 Å². The second-order valence-corrected chi connectivity index (χ2v) is 5.51. The van der Waals surface area contributed by atoms with E-state index in [1.807, 2.05) is 12.1 Å². The van der Waals surface area contributed by atoms with Gasteiger partial charge in [0.2, 0.25) is 0 Å². The van der Waals surface area contributed by atoms with E-state index >= 15 is 0 Å². The molecule has 0 spiro atoms. The molecule has 1 aliphatic heterocycles. The van der Waals surface area contributed by atoms with Crippen molar-refractivity contribution < 1.29 is 5.11 Å². The standard InChI is InChI=1S/C15H25N3O/c1-3-18-8-4-5-13(18)11-17(2)10-12-6-7-15(19)14(16)9-12/h6-7,9,13,19H,3-5,8,10-11,16H2,1-2H3. The summed E-state index contributed by atoms with van der Waals surface area (Å²) in [6.07, 6.45) is 2.62. The molecule has 0 aromatic heterocycles. The van der Waals surface area contributed by atoms with E-state index in [1.54, 1.807) is 6.07 Å². The first-order valence-corrected chi connectivity index (χ1v) is 7.10. The van der Waals surface area contributed by atoms with Gasteiger partial charge >= 0.3 is 0 Å². The van der Waals surface area contributed by atoms with Gasteiger partial charge in [-0.25, -0.2) is 0 Å². The Hall–Kier alpha value is -1.26. The van der Waals surface area contributed by atoms with Gasteiger partial charge in [0.15, 0.2) is 0 Å². The number of likely N-dealkylation sites (tertiary alicyclic amines) is 1. The molecule has 3 N–H and O–H groups in total. The quantitative estimate of drug-likeness (QED) is 0.629. The van der Waals surface area contributed by atoms with Crippen LogP contribution < -0.4 is 5.73 Å². The van der Waals surface area contributed by atoms with E-state index in [0.29, 0.717) is 11.7 Å².